The van der Waals surface area contributed by atoms with Gasteiger partial charge in [-0.1, -0.05) is 32.9 Å². The first-order valence-electron chi connectivity index (χ1n) is 10.5. The second-order valence-electron chi connectivity index (χ2n) is 6.97. The number of rotatable bonds is 11. The molecule has 3 N–H and O–H groups in total. The van der Waals surface area contributed by atoms with E-state index in [4.69, 9.17) is 15.6 Å². The standard InChI is InChI=1S/C17H15Br2F2NO4.C6H15N/c18-12-5-10(7-14(22)16(23)24)6-13(19)15(12)25-8-9-2-1-3-11(4-9)26-17(20)21;1-4-7(5-2)6-3/h1-6,14,17H,7-8,22H2,(H,23,24);4-6H2,1-3H3. The molecule has 1 atom stereocenters. The van der Waals surface area contributed by atoms with Gasteiger partial charge in [-0.15, -0.1) is 0 Å². The Morgan fingerprint density at radius 2 is 1.64 bits per heavy atom. The molecule has 1 unspecified atom stereocenters. The van der Waals surface area contributed by atoms with Crippen LogP contribution in [0, 0.1) is 0 Å². The van der Waals surface area contributed by atoms with Gasteiger partial charge in [-0.3, -0.25) is 4.79 Å². The molecular weight excluding hydrogens is 566 g/mol. The van der Waals surface area contributed by atoms with Crippen molar-refractivity contribution in [2.24, 2.45) is 5.73 Å². The fourth-order valence-corrected chi connectivity index (χ4v) is 4.36. The van der Waals surface area contributed by atoms with Gasteiger partial charge in [-0.2, -0.15) is 8.78 Å². The minimum atomic E-state index is -2.89. The number of ether oxygens (including phenoxy) is 2. The zero-order valence-corrected chi connectivity index (χ0v) is 22.0. The highest BCUT2D eigenvalue weighted by Crippen LogP contribution is 2.35. The van der Waals surface area contributed by atoms with E-state index in [1.807, 2.05) is 0 Å². The SMILES string of the molecule is CCN(CC)CC.NC(Cc1cc(Br)c(OCc2cccc(OC(F)F)c2)c(Br)c1)C(=O)O. The average Bonchev–Trinajstić information content (AvgIpc) is 2.74. The summed E-state index contributed by atoms with van der Waals surface area (Å²) in [7, 11) is 0. The number of nitrogens with zero attached hydrogens (tertiary/aromatic N) is 1. The zero-order chi connectivity index (χ0) is 25.0. The van der Waals surface area contributed by atoms with Crippen LogP contribution in [0.5, 0.6) is 11.5 Å². The van der Waals surface area contributed by atoms with E-state index in [0.717, 1.165) is 5.56 Å². The molecular formula is C23H30Br2F2N2O4. The lowest BCUT2D eigenvalue weighted by Gasteiger charge is -2.14. The lowest BCUT2D eigenvalue weighted by Crippen LogP contribution is -2.32. The molecule has 0 aliphatic carbocycles. The van der Waals surface area contributed by atoms with Gasteiger partial charge in [0.15, 0.2) is 0 Å². The van der Waals surface area contributed by atoms with Crippen LogP contribution < -0.4 is 15.2 Å². The fourth-order valence-electron chi connectivity index (χ4n) is 2.85. The number of carboxylic acid groups (broad SMARTS) is 1. The van der Waals surface area contributed by atoms with E-state index in [0.29, 0.717) is 20.3 Å². The number of aliphatic carboxylic acids is 1. The number of hydrogen-bond donors (Lipinski definition) is 2. The third kappa shape index (κ3) is 10.8. The van der Waals surface area contributed by atoms with Gasteiger partial charge in [-0.05, 0) is 93.3 Å². The van der Waals surface area contributed by atoms with Gasteiger partial charge in [0.1, 0.15) is 24.1 Å². The quantitative estimate of drug-likeness (QED) is 0.347. The molecule has 0 bridgehead atoms. The second-order valence-corrected chi connectivity index (χ2v) is 8.68. The predicted molar refractivity (Wildman–Crippen MR) is 132 cm³/mol. The number of carboxylic acids is 1. The minimum absolute atomic E-state index is 0.0530. The van der Waals surface area contributed by atoms with Crippen molar-refractivity contribution >= 4 is 37.8 Å². The topological polar surface area (TPSA) is 85.0 Å². The molecule has 0 aliphatic rings. The maximum Gasteiger partial charge on any atom is 0.387 e. The molecule has 0 amide bonds. The number of hydrogen-bond acceptors (Lipinski definition) is 5. The molecule has 10 heteroatoms. The van der Waals surface area contributed by atoms with Crippen molar-refractivity contribution in [3.63, 3.8) is 0 Å². The van der Waals surface area contributed by atoms with Crippen LogP contribution in [0.2, 0.25) is 0 Å². The summed E-state index contributed by atoms with van der Waals surface area (Å²) in [6.07, 6.45) is 0.166. The monoisotopic (exact) mass is 594 g/mol. The van der Waals surface area contributed by atoms with Crippen LogP contribution in [-0.4, -0.2) is 48.3 Å². The Kier molecular flexibility index (Phi) is 13.5. The van der Waals surface area contributed by atoms with Gasteiger partial charge in [0.05, 0.1) is 8.95 Å². The van der Waals surface area contributed by atoms with Crippen molar-refractivity contribution in [2.75, 3.05) is 19.6 Å². The van der Waals surface area contributed by atoms with Crippen LogP contribution in [0.15, 0.2) is 45.3 Å². The maximum absolute atomic E-state index is 12.3. The third-order valence-electron chi connectivity index (χ3n) is 4.68. The van der Waals surface area contributed by atoms with E-state index in [-0.39, 0.29) is 18.8 Å². The molecule has 0 saturated carbocycles. The summed E-state index contributed by atoms with van der Waals surface area (Å²) in [5.74, 6) is -0.529. The van der Waals surface area contributed by atoms with Crippen molar-refractivity contribution < 1.29 is 28.2 Å². The van der Waals surface area contributed by atoms with Crippen LogP contribution in [0.4, 0.5) is 8.78 Å². The fraction of sp³-hybridized carbons (Fsp3) is 0.435. The van der Waals surface area contributed by atoms with Gasteiger partial charge in [-0.25, -0.2) is 0 Å². The predicted octanol–water partition coefficient (Wildman–Crippen LogP) is 5.69. The highest BCUT2D eigenvalue weighted by atomic mass is 79.9. The molecule has 6 nitrogen and oxygen atoms in total. The first-order chi connectivity index (χ1) is 15.6. The first-order valence-corrected chi connectivity index (χ1v) is 12.0. The maximum atomic E-state index is 12.3. The Labute approximate surface area is 210 Å². The minimum Gasteiger partial charge on any atom is -0.487 e. The van der Waals surface area contributed by atoms with Gasteiger partial charge >= 0.3 is 12.6 Å². The molecule has 0 aromatic heterocycles. The van der Waals surface area contributed by atoms with E-state index in [1.54, 1.807) is 24.3 Å². The summed E-state index contributed by atoms with van der Waals surface area (Å²) in [5, 5.41) is 8.89. The Hall–Kier alpha value is -1.75. The zero-order valence-electron chi connectivity index (χ0n) is 18.9. The van der Waals surface area contributed by atoms with Crippen LogP contribution in [0.1, 0.15) is 31.9 Å². The van der Waals surface area contributed by atoms with E-state index >= 15 is 0 Å². The van der Waals surface area contributed by atoms with Crippen LogP contribution in [-0.2, 0) is 17.8 Å². The molecule has 0 fully saturated rings. The molecule has 0 heterocycles. The number of halogens is 4. The molecule has 2 aromatic rings. The average molecular weight is 596 g/mol. The van der Waals surface area contributed by atoms with Crippen molar-refractivity contribution in [1.29, 1.82) is 0 Å². The summed E-state index contributed by atoms with van der Waals surface area (Å²) in [6, 6.07) is 8.66. The number of alkyl halides is 2. The molecule has 2 aromatic carbocycles. The summed E-state index contributed by atoms with van der Waals surface area (Å²) >= 11 is 6.76. The molecule has 0 aliphatic heterocycles. The first kappa shape index (κ1) is 29.3. The summed E-state index contributed by atoms with van der Waals surface area (Å²) in [4.78, 5) is 13.2. The summed E-state index contributed by atoms with van der Waals surface area (Å²) < 4.78 is 35.9. The largest absolute Gasteiger partial charge is 0.487 e. The highest BCUT2D eigenvalue weighted by Gasteiger charge is 2.16. The van der Waals surface area contributed by atoms with E-state index in [1.165, 1.54) is 31.8 Å². The van der Waals surface area contributed by atoms with Crippen molar-refractivity contribution in [1.82, 2.24) is 4.90 Å². The third-order valence-corrected chi connectivity index (χ3v) is 5.86. The highest BCUT2D eigenvalue weighted by molar-refractivity contribution is 9.11. The van der Waals surface area contributed by atoms with Crippen molar-refractivity contribution in [3.05, 3.63) is 56.5 Å². The number of benzene rings is 2. The lowest BCUT2D eigenvalue weighted by molar-refractivity contribution is -0.138. The second kappa shape index (κ2) is 15.2. The van der Waals surface area contributed by atoms with Crippen LogP contribution in [0.25, 0.3) is 0 Å². The molecule has 184 valence electrons. The van der Waals surface area contributed by atoms with Gasteiger partial charge in [0, 0.05) is 0 Å². The van der Waals surface area contributed by atoms with Gasteiger partial charge < -0.3 is 25.2 Å². The van der Waals surface area contributed by atoms with E-state index in [2.05, 4.69) is 62.3 Å². The smallest absolute Gasteiger partial charge is 0.387 e. The Morgan fingerprint density at radius 3 is 2.09 bits per heavy atom. The van der Waals surface area contributed by atoms with Crippen LogP contribution >= 0.6 is 31.9 Å². The normalized spacial score (nSPS) is 11.7. The molecule has 33 heavy (non-hydrogen) atoms. The Bertz CT molecular complexity index is 855. The van der Waals surface area contributed by atoms with E-state index in [9.17, 15) is 13.6 Å². The summed E-state index contributed by atoms with van der Waals surface area (Å²) in [6.45, 7) is 7.37. The molecule has 0 spiro atoms. The van der Waals surface area contributed by atoms with Crippen molar-refractivity contribution in [2.45, 2.75) is 46.5 Å². The molecule has 2 rings (SSSR count). The Balaban J connectivity index is 0.000000675. The van der Waals surface area contributed by atoms with Crippen molar-refractivity contribution in [3.8, 4) is 11.5 Å². The lowest BCUT2D eigenvalue weighted by atomic mass is 10.1. The molecule has 0 saturated heterocycles. The Morgan fingerprint density at radius 1 is 1.06 bits per heavy atom. The molecule has 0 radical (unpaired) electrons. The number of nitrogens with two attached hydrogens (primary N) is 1. The van der Waals surface area contributed by atoms with Gasteiger partial charge in [0.25, 0.3) is 0 Å². The number of carbonyl (C=O) groups is 1. The van der Waals surface area contributed by atoms with Gasteiger partial charge in [0.2, 0.25) is 0 Å². The van der Waals surface area contributed by atoms with Crippen LogP contribution in [0.3, 0.4) is 0 Å². The van der Waals surface area contributed by atoms with E-state index < -0.39 is 18.6 Å². The summed E-state index contributed by atoms with van der Waals surface area (Å²) in [5.41, 5.74) is 6.92.